The molecule has 0 aromatic rings. The minimum Gasteiger partial charge on any atom is -0.0654 e. The molecule has 0 rings (SSSR count). The minimum atomic E-state index is 0.929. The Labute approximate surface area is 97.8 Å². The third-order valence-corrected chi connectivity index (χ3v) is 3.94. The van der Waals surface area contributed by atoms with Gasteiger partial charge in [0.1, 0.15) is 0 Å². The summed E-state index contributed by atoms with van der Waals surface area (Å²) < 4.78 is 0. The molecule has 0 aromatic heterocycles. The Balaban J connectivity index is 3.91. The topological polar surface area (TPSA) is 0 Å². The first-order valence-corrected chi connectivity index (χ1v) is 7.15. The van der Waals surface area contributed by atoms with E-state index in [1.54, 1.807) is 0 Å². The fraction of sp³-hybridized carbons (Fsp3) is 1.00. The predicted octanol–water partition coefficient (Wildman–Crippen LogP) is 5.67. The lowest BCUT2D eigenvalue weighted by atomic mass is 9.82. The average molecular weight is 212 g/mol. The summed E-state index contributed by atoms with van der Waals surface area (Å²) in [6.07, 6.45) is 9.83. The second-order valence-electron chi connectivity index (χ2n) is 5.41. The molecule has 0 heteroatoms. The maximum Gasteiger partial charge on any atom is -0.0388 e. The SMILES string of the molecule is CCCC(C)C(CCC)CCC(C)CC. The van der Waals surface area contributed by atoms with Crippen LogP contribution < -0.4 is 0 Å². The number of hydrogen-bond donors (Lipinski definition) is 0. The van der Waals surface area contributed by atoms with Gasteiger partial charge in [0, 0.05) is 0 Å². The van der Waals surface area contributed by atoms with Crippen molar-refractivity contribution in [3.8, 4) is 0 Å². The highest BCUT2D eigenvalue weighted by atomic mass is 14.2. The van der Waals surface area contributed by atoms with Crippen molar-refractivity contribution in [1.82, 2.24) is 0 Å². The van der Waals surface area contributed by atoms with Gasteiger partial charge in [0.25, 0.3) is 0 Å². The fourth-order valence-corrected chi connectivity index (χ4v) is 2.48. The van der Waals surface area contributed by atoms with Gasteiger partial charge in [-0.2, -0.15) is 0 Å². The summed E-state index contributed by atoms with van der Waals surface area (Å²) in [5.41, 5.74) is 0. The van der Waals surface area contributed by atoms with Gasteiger partial charge < -0.3 is 0 Å². The molecule has 0 aromatic carbocycles. The van der Waals surface area contributed by atoms with Gasteiger partial charge in [-0.25, -0.2) is 0 Å². The van der Waals surface area contributed by atoms with E-state index in [2.05, 4.69) is 34.6 Å². The molecule has 0 saturated heterocycles. The Morgan fingerprint density at radius 3 is 1.80 bits per heavy atom. The molecule has 3 atom stereocenters. The van der Waals surface area contributed by atoms with Crippen molar-refractivity contribution in [3.63, 3.8) is 0 Å². The second-order valence-corrected chi connectivity index (χ2v) is 5.41. The van der Waals surface area contributed by atoms with Crippen molar-refractivity contribution < 1.29 is 0 Å². The summed E-state index contributed by atoms with van der Waals surface area (Å²) in [5, 5.41) is 0. The van der Waals surface area contributed by atoms with E-state index in [4.69, 9.17) is 0 Å². The van der Waals surface area contributed by atoms with Crippen molar-refractivity contribution in [3.05, 3.63) is 0 Å². The lowest BCUT2D eigenvalue weighted by molar-refractivity contribution is 0.272. The highest BCUT2D eigenvalue weighted by Crippen LogP contribution is 2.28. The normalized spacial score (nSPS) is 17.4. The molecule has 0 aliphatic heterocycles. The molecule has 15 heavy (non-hydrogen) atoms. The number of hydrogen-bond acceptors (Lipinski definition) is 0. The van der Waals surface area contributed by atoms with Gasteiger partial charge in [-0.1, -0.05) is 73.1 Å². The molecule has 0 radical (unpaired) electrons. The monoisotopic (exact) mass is 212 g/mol. The predicted molar refractivity (Wildman–Crippen MR) is 71.2 cm³/mol. The third kappa shape index (κ3) is 6.98. The first-order chi connectivity index (χ1) is 7.15. The van der Waals surface area contributed by atoms with Crippen molar-refractivity contribution >= 4 is 0 Å². The van der Waals surface area contributed by atoms with Crippen LogP contribution in [0.1, 0.15) is 79.6 Å². The van der Waals surface area contributed by atoms with E-state index in [0.29, 0.717) is 0 Å². The standard InChI is InChI=1S/C15H32/c1-6-9-14(5)15(10-7-2)12-11-13(4)8-3/h13-15H,6-12H2,1-5H3. The maximum absolute atomic E-state index is 2.46. The Hall–Kier alpha value is 0. The molecule has 0 amide bonds. The average Bonchev–Trinajstić information content (AvgIpc) is 2.23. The lowest BCUT2D eigenvalue weighted by Crippen LogP contribution is -2.13. The first-order valence-electron chi connectivity index (χ1n) is 7.15. The molecule has 0 spiro atoms. The van der Waals surface area contributed by atoms with Crippen LogP contribution in [0.15, 0.2) is 0 Å². The van der Waals surface area contributed by atoms with Gasteiger partial charge in [0.15, 0.2) is 0 Å². The maximum atomic E-state index is 2.46. The zero-order valence-corrected chi connectivity index (χ0v) is 11.7. The second kappa shape index (κ2) is 9.24. The van der Waals surface area contributed by atoms with Crippen LogP contribution in [-0.4, -0.2) is 0 Å². The molecule has 0 N–H and O–H groups in total. The summed E-state index contributed by atoms with van der Waals surface area (Å²) in [4.78, 5) is 0. The molecule has 0 aliphatic carbocycles. The zero-order valence-electron chi connectivity index (χ0n) is 11.7. The molecular weight excluding hydrogens is 180 g/mol. The van der Waals surface area contributed by atoms with Gasteiger partial charge in [-0.05, 0) is 24.2 Å². The van der Waals surface area contributed by atoms with Crippen LogP contribution in [0.3, 0.4) is 0 Å². The summed E-state index contributed by atoms with van der Waals surface area (Å²) in [5.74, 6) is 2.86. The lowest BCUT2D eigenvalue weighted by Gasteiger charge is -2.24. The minimum absolute atomic E-state index is 0.929. The smallest absolute Gasteiger partial charge is 0.0388 e. The largest absolute Gasteiger partial charge is 0.0654 e. The van der Waals surface area contributed by atoms with Crippen LogP contribution in [0.4, 0.5) is 0 Å². The molecule has 0 aliphatic rings. The fourth-order valence-electron chi connectivity index (χ4n) is 2.48. The summed E-state index contributed by atoms with van der Waals surface area (Å²) >= 11 is 0. The molecular formula is C15H32. The van der Waals surface area contributed by atoms with Gasteiger partial charge in [-0.3, -0.25) is 0 Å². The van der Waals surface area contributed by atoms with E-state index >= 15 is 0 Å². The van der Waals surface area contributed by atoms with Crippen molar-refractivity contribution in [2.24, 2.45) is 17.8 Å². The van der Waals surface area contributed by atoms with Gasteiger partial charge in [0.2, 0.25) is 0 Å². The van der Waals surface area contributed by atoms with Crippen molar-refractivity contribution in [1.29, 1.82) is 0 Å². The Morgan fingerprint density at radius 1 is 0.733 bits per heavy atom. The molecule has 0 saturated carbocycles. The summed E-state index contributed by atoms with van der Waals surface area (Å²) in [6, 6.07) is 0. The van der Waals surface area contributed by atoms with Crippen LogP contribution in [0.25, 0.3) is 0 Å². The third-order valence-electron chi connectivity index (χ3n) is 3.94. The Kier molecular flexibility index (Phi) is 9.24. The van der Waals surface area contributed by atoms with Crippen molar-refractivity contribution in [2.75, 3.05) is 0 Å². The van der Waals surface area contributed by atoms with Crippen LogP contribution in [0, 0.1) is 17.8 Å². The molecule has 0 fully saturated rings. The van der Waals surface area contributed by atoms with E-state index in [9.17, 15) is 0 Å². The molecule has 0 nitrogen and oxygen atoms in total. The van der Waals surface area contributed by atoms with E-state index in [1.165, 1.54) is 44.9 Å². The number of rotatable bonds is 9. The highest BCUT2D eigenvalue weighted by molar-refractivity contribution is 4.67. The molecule has 92 valence electrons. The summed E-state index contributed by atoms with van der Waals surface area (Å²) in [6.45, 7) is 11.8. The van der Waals surface area contributed by atoms with Crippen LogP contribution in [-0.2, 0) is 0 Å². The molecule has 3 unspecified atom stereocenters. The van der Waals surface area contributed by atoms with Crippen LogP contribution in [0.5, 0.6) is 0 Å². The van der Waals surface area contributed by atoms with E-state index < -0.39 is 0 Å². The quantitative estimate of drug-likeness (QED) is 0.462. The van der Waals surface area contributed by atoms with E-state index in [-0.39, 0.29) is 0 Å². The Morgan fingerprint density at radius 2 is 1.33 bits per heavy atom. The van der Waals surface area contributed by atoms with Gasteiger partial charge in [-0.15, -0.1) is 0 Å². The first kappa shape index (κ1) is 15.0. The van der Waals surface area contributed by atoms with Crippen molar-refractivity contribution in [2.45, 2.75) is 79.6 Å². The van der Waals surface area contributed by atoms with Crippen LogP contribution >= 0.6 is 0 Å². The van der Waals surface area contributed by atoms with E-state index in [0.717, 1.165) is 17.8 Å². The Bertz CT molecular complexity index is 128. The van der Waals surface area contributed by atoms with Gasteiger partial charge in [0.05, 0.1) is 0 Å². The summed E-state index contributed by atoms with van der Waals surface area (Å²) in [7, 11) is 0. The van der Waals surface area contributed by atoms with Gasteiger partial charge >= 0.3 is 0 Å². The van der Waals surface area contributed by atoms with Crippen LogP contribution in [0.2, 0.25) is 0 Å². The molecule has 0 heterocycles. The molecule has 0 bridgehead atoms. The highest BCUT2D eigenvalue weighted by Gasteiger charge is 2.16. The van der Waals surface area contributed by atoms with E-state index in [1.807, 2.05) is 0 Å². The zero-order chi connectivity index (χ0) is 11.7.